The summed E-state index contributed by atoms with van der Waals surface area (Å²) in [5.41, 5.74) is -0.597. The van der Waals surface area contributed by atoms with Gasteiger partial charge in [-0.2, -0.15) is 0 Å². The molecule has 1 aliphatic rings. The third-order valence-electron chi connectivity index (χ3n) is 2.27. The van der Waals surface area contributed by atoms with Crippen LogP contribution in [-0.4, -0.2) is 28.9 Å². The molecule has 0 saturated carbocycles. The van der Waals surface area contributed by atoms with Crippen LogP contribution in [0, 0.1) is 0 Å². The Kier molecular flexibility index (Phi) is 3.76. The highest BCUT2D eigenvalue weighted by Gasteiger charge is 2.40. The monoisotopic (exact) mass is 281 g/mol. The number of benzene rings is 1. The first kappa shape index (κ1) is 13.8. The molecule has 5 nitrogen and oxygen atoms in total. The predicted molar refractivity (Wildman–Crippen MR) is 72.0 cm³/mol. The van der Waals surface area contributed by atoms with Crippen LogP contribution in [0.5, 0.6) is 0 Å². The van der Waals surface area contributed by atoms with Crippen LogP contribution >= 0.6 is 8.30 Å². The average Bonchev–Trinajstić information content (AvgIpc) is 2.70. The van der Waals surface area contributed by atoms with Gasteiger partial charge in [-0.25, -0.2) is 14.3 Å². The van der Waals surface area contributed by atoms with Crippen molar-refractivity contribution in [1.29, 1.82) is 0 Å². The fraction of sp³-hybridized carbons (Fsp3) is 0.385. The molecule has 2 rings (SSSR count). The summed E-state index contributed by atoms with van der Waals surface area (Å²) >= 11 is 0. The van der Waals surface area contributed by atoms with Crippen LogP contribution in [0.4, 0.5) is 4.79 Å². The molecule has 1 aliphatic heterocycles. The molecule has 0 N–H and O–H groups in total. The summed E-state index contributed by atoms with van der Waals surface area (Å²) in [4.78, 5) is 23.5. The smallest absolute Gasteiger partial charge is 0.416 e. The first-order chi connectivity index (χ1) is 8.87. The van der Waals surface area contributed by atoms with Crippen LogP contribution < -0.4 is 5.30 Å². The highest BCUT2D eigenvalue weighted by molar-refractivity contribution is 7.60. The predicted octanol–water partition coefficient (Wildman–Crippen LogP) is 2.42. The van der Waals surface area contributed by atoms with Crippen molar-refractivity contribution in [1.82, 2.24) is 4.67 Å². The molecule has 1 aromatic rings. The molecule has 0 aromatic heterocycles. The number of carbonyl (C=O) groups excluding carboxylic acids is 2. The number of amides is 1. The summed E-state index contributed by atoms with van der Waals surface area (Å²) < 4.78 is 11.9. The van der Waals surface area contributed by atoms with Crippen molar-refractivity contribution in [3.63, 3.8) is 0 Å². The Bertz CT molecular complexity index is 483. The van der Waals surface area contributed by atoms with E-state index >= 15 is 0 Å². The van der Waals surface area contributed by atoms with Crippen molar-refractivity contribution in [2.24, 2.45) is 0 Å². The SMILES string of the molecule is CC(C)(C)OC(=O)N1CC(=O)OP1c1ccccc1. The van der Waals surface area contributed by atoms with Crippen molar-refractivity contribution in [2.75, 3.05) is 6.54 Å². The summed E-state index contributed by atoms with van der Waals surface area (Å²) in [6.07, 6.45) is -0.520. The third-order valence-corrected chi connectivity index (χ3v) is 4.13. The van der Waals surface area contributed by atoms with Gasteiger partial charge in [-0.3, -0.25) is 0 Å². The Balaban J connectivity index is 2.19. The fourth-order valence-electron chi connectivity index (χ4n) is 1.56. The van der Waals surface area contributed by atoms with E-state index in [-0.39, 0.29) is 6.54 Å². The molecule has 0 radical (unpaired) electrons. The molecule has 1 heterocycles. The molecular formula is C13H16NO4P. The Morgan fingerprint density at radius 1 is 1.32 bits per heavy atom. The average molecular weight is 281 g/mol. The van der Waals surface area contributed by atoms with Gasteiger partial charge < -0.3 is 9.26 Å². The number of carbonyl (C=O) groups is 2. The molecule has 1 aromatic carbocycles. The molecule has 19 heavy (non-hydrogen) atoms. The lowest BCUT2D eigenvalue weighted by Crippen LogP contribution is -2.34. The summed E-state index contributed by atoms with van der Waals surface area (Å²) in [5.74, 6) is -0.402. The molecule has 0 bridgehead atoms. The van der Waals surface area contributed by atoms with Gasteiger partial charge in [0.1, 0.15) is 12.1 Å². The van der Waals surface area contributed by atoms with Gasteiger partial charge in [-0.15, -0.1) is 0 Å². The maximum absolute atomic E-state index is 12.1. The van der Waals surface area contributed by atoms with Crippen molar-refractivity contribution in [3.05, 3.63) is 30.3 Å². The minimum atomic E-state index is -1.43. The minimum Gasteiger partial charge on any atom is -0.443 e. The van der Waals surface area contributed by atoms with E-state index in [4.69, 9.17) is 9.26 Å². The number of ether oxygens (including phenoxy) is 1. The minimum absolute atomic E-state index is 0.0600. The van der Waals surface area contributed by atoms with E-state index < -0.39 is 26.0 Å². The van der Waals surface area contributed by atoms with Gasteiger partial charge >= 0.3 is 12.1 Å². The molecular weight excluding hydrogens is 265 g/mol. The van der Waals surface area contributed by atoms with Gasteiger partial charge in [0.2, 0.25) is 8.30 Å². The maximum atomic E-state index is 12.1. The van der Waals surface area contributed by atoms with Gasteiger partial charge in [-0.05, 0) is 32.9 Å². The number of hydrogen-bond acceptors (Lipinski definition) is 4. The first-order valence-electron chi connectivity index (χ1n) is 5.93. The molecule has 1 fully saturated rings. The second-order valence-corrected chi connectivity index (χ2v) is 6.84. The number of nitrogens with zero attached hydrogens (tertiary/aromatic N) is 1. The number of rotatable bonds is 1. The van der Waals surface area contributed by atoms with Crippen LogP contribution in [0.1, 0.15) is 20.8 Å². The Hall–Kier alpha value is -1.61. The lowest BCUT2D eigenvalue weighted by atomic mass is 10.2. The largest absolute Gasteiger partial charge is 0.443 e. The van der Waals surface area contributed by atoms with Gasteiger partial charge in [-0.1, -0.05) is 18.2 Å². The number of hydrogen-bond donors (Lipinski definition) is 0. The molecule has 1 unspecified atom stereocenters. The van der Waals surface area contributed by atoms with Crippen molar-refractivity contribution < 1.29 is 18.8 Å². The normalized spacial score (nSPS) is 19.2. The molecule has 1 atom stereocenters. The third kappa shape index (κ3) is 3.44. The fourth-order valence-corrected chi connectivity index (χ4v) is 3.16. The molecule has 102 valence electrons. The molecule has 6 heteroatoms. The zero-order valence-electron chi connectivity index (χ0n) is 11.1. The highest BCUT2D eigenvalue weighted by Crippen LogP contribution is 2.45. The van der Waals surface area contributed by atoms with Crippen LogP contribution in [0.15, 0.2) is 30.3 Å². The Morgan fingerprint density at radius 3 is 2.53 bits per heavy atom. The summed E-state index contributed by atoms with van der Waals surface area (Å²) in [7, 11) is -1.43. The van der Waals surface area contributed by atoms with Crippen molar-refractivity contribution in [3.8, 4) is 0 Å². The molecule has 0 spiro atoms. The van der Waals surface area contributed by atoms with Crippen molar-refractivity contribution >= 4 is 25.7 Å². The van der Waals surface area contributed by atoms with Crippen molar-refractivity contribution in [2.45, 2.75) is 26.4 Å². The maximum Gasteiger partial charge on any atom is 0.416 e. The van der Waals surface area contributed by atoms with Crippen LogP contribution in [0.2, 0.25) is 0 Å². The summed E-state index contributed by atoms with van der Waals surface area (Å²) in [6, 6.07) is 9.23. The summed E-state index contributed by atoms with van der Waals surface area (Å²) in [6.45, 7) is 5.30. The van der Waals surface area contributed by atoms with E-state index in [0.29, 0.717) is 0 Å². The second-order valence-electron chi connectivity index (χ2n) is 5.11. The first-order valence-corrected chi connectivity index (χ1v) is 7.14. The van der Waals surface area contributed by atoms with E-state index in [2.05, 4.69) is 0 Å². The van der Waals surface area contributed by atoms with Crippen LogP contribution in [0.25, 0.3) is 0 Å². The Morgan fingerprint density at radius 2 is 1.95 bits per heavy atom. The van der Waals surface area contributed by atoms with Gasteiger partial charge in [0.05, 0.1) is 0 Å². The standard InChI is InChI=1S/C13H16NO4P/c1-13(2,3)17-12(16)14-9-11(15)18-19(14)10-7-5-4-6-8-10/h4-8H,9H2,1-3H3. The van der Waals surface area contributed by atoms with E-state index in [1.807, 2.05) is 30.3 Å². The van der Waals surface area contributed by atoms with E-state index in [0.717, 1.165) is 5.30 Å². The zero-order valence-corrected chi connectivity index (χ0v) is 12.0. The Labute approximate surface area is 113 Å². The topological polar surface area (TPSA) is 55.8 Å². The molecule has 1 amide bonds. The van der Waals surface area contributed by atoms with E-state index in [1.165, 1.54) is 4.67 Å². The van der Waals surface area contributed by atoms with Gasteiger partial charge in [0, 0.05) is 5.30 Å². The van der Waals surface area contributed by atoms with Crippen LogP contribution in [0.3, 0.4) is 0 Å². The van der Waals surface area contributed by atoms with E-state index in [1.54, 1.807) is 20.8 Å². The van der Waals surface area contributed by atoms with Gasteiger partial charge in [0.15, 0.2) is 0 Å². The zero-order chi connectivity index (χ0) is 14.0. The lowest BCUT2D eigenvalue weighted by Gasteiger charge is -2.25. The highest BCUT2D eigenvalue weighted by atomic mass is 31.2. The molecule has 1 saturated heterocycles. The second kappa shape index (κ2) is 5.17. The van der Waals surface area contributed by atoms with Gasteiger partial charge in [0.25, 0.3) is 0 Å². The summed E-state index contributed by atoms with van der Waals surface area (Å²) in [5, 5.41) is 0.814. The lowest BCUT2D eigenvalue weighted by molar-refractivity contribution is -0.131. The van der Waals surface area contributed by atoms with Crippen LogP contribution in [-0.2, 0) is 14.1 Å². The van der Waals surface area contributed by atoms with E-state index in [9.17, 15) is 9.59 Å². The molecule has 0 aliphatic carbocycles. The quantitative estimate of drug-likeness (QED) is 0.742.